The molecule has 4 nitrogen and oxygen atoms in total. The average Bonchev–Trinajstić information content (AvgIpc) is 2.50. The predicted octanol–water partition coefficient (Wildman–Crippen LogP) is 2.59. The van der Waals surface area contributed by atoms with Crippen LogP contribution in [-0.2, 0) is 0 Å². The van der Waals surface area contributed by atoms with Crippen molar-refractivity contribution < 1.29 is 5.11 Å². The molecule has 1 heterocycles. The SMILES string of the molecule is Cc1ccc(-n2nc(O)nc2Cl)cc1Cl. The third-order valence-electron chi connectivity index (χ3n) is 1.96. The summed E-state index contributed by atoms with van der Waals surface area (Å²) < 4.78 is 1.31. The maximum Gasteiger partial charge on any atom is 0.334 e. The number of aromatic nitrogens is 3. The zero-order valence-electron chi connectivity index (χ0n) is 7.78. The number of hydrogen-bond acceptors (Lipinski definition) is 3. The van der Waals surface area contributed by atoms with Gasteiger partial charge in [-0.1, -0.05) is 17.7 Å². The highest BCUT2D eigenvalue weighted by Gasteiger charge is 2.09. The van der Waals surface area contributed by atoms with E-state index in [1.54, 1.807) is 12.1 Å². The lowest BCUT2D eigenvalue weighted by molar-refractivity contribution is 0.430. The largest absolute Gasteiger partial charge is 0.478 e. The molecule has 0 atom stereocenters. The van der Waals surface area contributed by atoms with E-state index in [0.29, 0.717) is 10.7 Å². The van der Waals surface area contributed by atoms with Crippen LogP contribution < -0.4 is 0 Å². The Balaban J connectivity index is 2.54. The molecule has 0 radical (unpaired) electrons. The standard InChI is InChI=1S/C9H7Cl2N3O/c1-5-2-3-6(4-7(5)10)14-8(11)12-9(15)13-14/h2-4H,1H3,(H,13,15). The first-order valence-electron chi connectivity index (χ1n) is 4.16. The molecule has 2 rings (SSSR count). The molecular weight excluding hydrogens is 237 g/mol. The summed E-state index contributed by atoms with van der Waals surface area (Å²) in [5.74, 6) is 0. The number of rotatable bonds is 1. The van der Waals surface area contributed by atoms with Gasteiger partial charge in [-0.25, -0.2) is 0 Å². The lowest BCUT2D eigenvalue weighted by Gasteiger charge is -2.03. The monoisotopic (exact) mass is 243 g/mol. The molecule has 0 aliphatic heterocycles. The summed E-state index contributed by atoms with van der Waals surface area (Å²) in [7, 11) is 0. The van der Waals surface area contributed by atoms with Crippen molar-refractivity contribution in [1.82, 2.24) is 14.8 Å². The molecule has 1 N–H and O–H groups in total. The molecule has 0 fully saturated rings. The molecule has 0 unspecified atom stereocenters. The average molecular weight is 244 g/mol. The molecule has 1 aromatic carbocycles. The van der Waals surface area contributed by atoms with Crippen molar-refractivity contribution in [1.29, 1.82) is 0 Å². The van der Waals surface area contributed by atoms with Crippen molar-refractivity contribution in [3.63, 3.8) is 0 Å². The van der Waals surface area contributed by atoms with Crippen molar-refractivity contribution >= 4 is 23.2 Å². The molecule has 6 heteroatoms. The quantitative estimate of drug-likeness (QED) is 0.838. The van der Waals surface area contributed by atoms with Crippen LogP contribution in [0.5, 0.6) is 6.01 Å². The van der Waals surface area contributed by atoms with Gasteiger partial charge in [0, 0.05) is 5.02 Å². The molecule has 0 saturated carbocycles. The Kier molecular flexibility index (Phi) is 2.54. The number of aromatic hydroxyl groups is 1. The van der Waals surface area contributed by atoms with Crippen molar-refractivity contribution in [3.05, 3.63) is 34.1 Å². The second-order valence-electron chi connectivity index (χ2n) is 3.03. The number of hydrogen-bond donors (Lipinski definition) is 1. The fourth-order valence-corrected chi connectivity index (χ4v) is 1.55. The van der Waals surface area contributed by atoms with E-state index in [-0.39, 0.29) is 11.3 Å². The van der Waals surface area contributed by atoms with Gasteiger partial charge < -0.3 is 5.11 Å². The maximum absolute atomic E-state index is 9.06. The predicted molar refractivity (Wildman–Crippen MR) is 57.8 cm³/mol. The Bertz CT molecular complexity index is 510. The molecular formula is C9H7Cl2N3O. The van der Waals surface area contributed by atoms with Crippen molar-refractivity contribution in [2.45, 2.75) is 6.92 Å². The summed E-state index contributed by atoms with van der Waals surface area (Å²) in [5.41, 5.74) is 1.62. The minimum Gasteiger partial charge on any atom is -0.478 e. The molecule has 0 saturated heterocycles. The molecule has 1 aromatic heterocycles. The third kappa shape index (κ3) is 1.91. The van der Waals surface area contributed by atoms with Crippen LogP contribution in [0.2, 0.25) is 10.3 Å². The van der Waals surface area contributed by atoms with Crippen LogP contribution >= 0.6 is 23.2 Å². The van der Waals surface area contributed by atoms with Crippen LogP contribution in [0.15, 0.2) is 18.2 Å². The fraction of sp³-hybridized carbons (Fsp3) is 0.111. The van der Waals surface area contributed by atoms with Crippen molar-refractivity contribution in [2.75, 3.05) is 0 Å². The number of halogens is 2. The fourth-order valence-electron chi connectivity index (χ4n) is 1.16. The van der Waals surface area contributed by atoms with Crippen LogP contribution in [0.25, 0.3) is 5.69 Å². The summed E-state index contributed by atoms with van der Waals surface area (Å²) in [4.78, 5) is 3.57. The normalized spacial score (nSPS) is 10.6. The Morgan fingerprint density at radius 3 is 2.60 bits per heavy atom. The molecule has 0 bridgehead atoms. The minimum atomic E-state index is -0.364. The first-order chi connectivity index (χ1) is 7.08. The summed E-state index contributed by atoms with van der Waals surface area (Å²) in [6.07, 6.45) is 0. The van der Waals surface area contributed by atoms with Gasteiger partial charge in [0.15, 0.2) is 0 Å². The third-order valence-corrected chi connectivity index (χ3v) is 2.61. The summed E-state index contributed by atoms with van der Waals surface area (Å²) in [6, 6.07) is 4.97. The van der Waals surface area contributed by atoms with E-state index in [0.717, 1.165) is 5.56 Å². The van der Waals surface area contributed by atoms with Gasteiger partial charge in [0.05, 0.1) is 5.69 Å². The summed E-state index contributed by atoms with van der Waals surface area (Å²) in [5, 5.41) is 13.5. The first-order valence-corrected chi connectivity index (χ1v) is 4.91. The first kappa shape index (κ1) is 10.3. The van der Waals surface area contributed by atoms with Gasteiger partial charge in [-0.05, 0) is 36.2 Å². The number of aryl methyl sites for hydroxylation is 1. The Hall–Kier alpha value is -1.26. The second kappa shape index (κ2) is 3.72. The van der Waals surface area contributed by atoms with Gasteiger partial charge in [-0.2, -0.15) is 9.67 Å². The van der Waals surface area contributed by atoms with E-state index >= 15 is 0 Å². The maximum atomic E-state index is 9.06. The zero-order chi connectivity index (χ0) is 11.0. The zero-order valence-corrected chi connectivity index (χ0v) is 9.29. The van der Waals surface area contributed by atoms with Gasteiger partial charge in [-0.15, -0.1) is 5.10 Å². The van der Waals surface area contributed by atoms with E-state index in [9.17, 15) is 0 Å². The van der Waals surface area contributed by atoms with E-state index in [1.807, 2.05) is 13.0 Å². The van der Waals surface area contributed by atoms with E-state index in [2.05, 4.69) is 10.1 Å². The van der Waals surface area contributed by atoms with Crippen LogP contribution in [0.4, 0.5) is 0 Å². The van der Waals surface area contributed by atoms with E-state index in [1.165, 1.54) is 4.68 Å². The number of benzene rings is 1. The van der Waals surface area contributed by atoms with Crippen LogP contribution in [0, 0.1) is 6.92 Å². The second-order valence-corrected chi connectivity index (χ2v) is 3.77. The van der Waals surface area contributed by atoms with Gasteiger partial charge in [-0.3, -0.25) is 0 Å². The van der Waals surface area contributed by atoms with E-state index in [4.69, 9.17) is 28.3 Å². The molecule has 0 amide bonds. The Labute approximate surface area is 96.1 Å². The van der Waals surface area contributed by atoms with Gasteiger partial charge in [0.2, 0.25) is 5.28 Å². The lowest BCUT2D eigenvalue weighted by atomic mass is 10.2. The molecule has 78 valence electrons. The summed E-state index contributed by atoms with van der Waals surface area (Å²) in [6.45, 7) is 1.90. The highest BCUT2D eigenvalue weighted by atomic mass is 35.5. The summed E-state index contributed by atoms with van der Waals surface area (Å²) >= 11 is 11.7. The molecule has 0 spiro atoms. The topological polar surface area (TPSA) is 50.9 Å². The van der Waals surface area contributed by atoms with Gasteiger partial charge >= 0.3 is 6.01 Å². The van der Waals surface area contributed by atoms with Crippen LogP contribution in [-0.4, -0.2) is 19.9 Å². The van der Waals surface area contributed by atoms with Gasteiger partial charge in [0.25, 0.3) is 0 Å². The van der Waals surface area contributed by atoms with E-state index < -0.39 is 0 Å². The Morgan fingerprint density at radius 1 is 1.33 bits per heavy atom. The minimum absolute atomic E-state index is 0.0902. The lowest BCUT2D eigenvalue weighted by Crippen LogP contribution is -1.96. The van der Waals surface area contributed by atoms with Gasteiger partial charge in [0.1, 0.15) is 0 Å². The molecule has 0 aliphatic rings. The highest BCUT2D eigenvalue weighted by Crippen LogP contribution is 2.22. The molecule has 0 aliphatic carbocycles. The highest BCUT2D eigenvalue weighted by molar-refractivity contribution is 6.31. The van der Waals surface area contributed by atoms with Crippen molar-refractivity contribution in [3.8, 4) is 11.7 Å². The number of nitrogens with zero attached hydrogens (tertiary/aromatic N) is 3. The molecule has 15 heavy (non-hydrogen) atoms. The van der Waals surface area contributed by atoms with Crippen LogP contribution in [0.1, 0.15) is 5.56 Å². The Morgan fingerprint density at radius 2 is 2.07 bits per heavy atom. The van der Waals surface area contributed by atoms with Crippen molar-refractivity contribution in [2.24, 2.45) is 0 Å². The smallest absolute Gasteiger partial charge is 0.334 e. The molecule has 2 aromatic rings. The van der Waals surface area contributed by atoms with Crippen LogP contribution in [0.3, 0.4) is 0 Å².